The molecule has 2 heterocycles. The van der Waals surface area contributed by atoms with Crippen molar-refractivity contribution in [2.75, 3.05) is 19.6 Å². The van der Waals surface area contributed by atoms with Gasteiger partial charge in [0, 0.05) is 45.5 Å². The molecule has 1 aliphatic heterocycles. The molecule has 7 nitrogen and oxygen atoms in total. The summed E-state index contributed by atoms with van der Waals surface area (Å²) in [6.07, 6.45) is -0.798. The van der Waals surface area contributed by atoms with Crippen molar-refractivity contribution in [1.29, 1.82) is 0 Å². The fraction of sp³-hybridized carbons (Fsp3) is 0.524. The van der Waals surface area contributed by atoms with Crippen molar-refractivity contribution in [1.82, 2.24) is 25.1 Å². The summed E-state index contributed by atoms with van der Waals surface area (Å²) in [6, 6.07) is 7.18. The van der Waals surface area contributed by atoms with E-state index in [0.717, 1.165) is 35.3 Å². The normalized spacial score (nSPS) is 16.8. The molecule has 1 aromatic carbocycles. The molecule has 1 aromatic heterocycles. The maximum atomic E-state index is 13.5. The topological polar surface area (TPSA) is 82.4 Å². The van der Waals surface area contributed by atoms with Crippen molar-refractivity contribution in [2.45, 2.75) is 44.1 Å². The van der Waals surface area contributed by atoms with Crippen LogP contribution in [0.15, 0.2) is 36.7 Å². The summed E-state index contributed by atoms with van der Waals surface area (Å²) < 4.78 is 41.7. The van der Waals surface area contributed by atoms with Crippen LogP contribution in [0.5, 0.6) is 0 Å². The van der Waals surface area contributed by atoms with E-state index in [1.54, 1.807) is 0 Å². The van der Waals surface area contributed by atoms with E-state index >= 15 is 0 Å². The molecule has 0 unspecified atom stereocenters. The Morgan fingerprint density at radius 3 is 2.45 bits per heavy atom. The van der Waals surface area contributed by atoms with Gasteiger partial charge in [-0.25, -0.2) is 9.78 Å². The zero-order valence-corrected chi connectivity index (χ0v) is 17.5. The standard InChI is InChI=1S/C21H28F3N5O2/c1-28-13-10-25-18(28)20(31,21(22,23)24)8-9-26-19(30)27-14-16-6-2-3-7-17(16)15-29-11-4-5-12-29/h2-3,6-7,10,13,31H,4-5,8-9,11-12,14-15H2,1H3,(H2,26,27,30)/t20-/m1/s1. The summed E-state index contributed by atoms with van der Waals surface area (Å²) in [5.41, 5.74) is -1.07. The van der Waals surface area contributed by atoms with Gasteiger partial charge in [-0.05, 0) is 37.1 Å². The second-order valence-electron chi connectivity index (χ2n) is 7.83. The van der Waals surface area contributed by atoms with Crippen molar-refractivity contribution in [3.05, 3.63) is 53.6 Å². The van der Waals surface area contributed by atoms with Crippen LogP contribution >= 0.6 is 0 Å². The summed E-state index contributed by atoms with van der Waals surface area (Å²) in [6.45, 7) is 2.81. The molecule has 170 valence electrons. The number of rotatable bonds is 8. The van der Waals surface area contributed by atoms with E-state index in [0.29, 0.717) is 0 Å². The van der Waals surface area contributed by atoms with Gasteiger partial charge in [-0.15, -0.1) is 0 Å². The summed E-state index contributed by atoms with van der Waals surface area (Å²) in [5.74, 6) is -0.516. The van der Waals surface area contributed by atoms with Crippen LogP contribution in [0.1, 0.15) is 36.2 Å². The Morgan fingerprint density at radius 1 is 1.16 bits per heavy atom. The first-order valence-corrected chi connectivity index (χ1v) is 10.3. The molecule has 1 aliphatic rings. The van der Waals surface area contributed by atoms with Crippen molar-refractivity contribution >= 4 is 6.03 Å². The molecule has 1 fully saturated rings. The fourth-order valence-electron chi connectivity index (χ4n) is 3.81. The van der Waals surface area contributed by atoms with E-state index in [1.165, 1.54) is 32.3 Å². The van der Waals surface area contributed by atoms with Crippen molar-refractivity contribution < 1.29 is 23.1 Å². The SMILES string of the molecule is Cn1ccnc1[C@](O)(CCNC(=O)NCc1ccccc1CN1CCCC1)C(F)(F)F. The van der Waals surface area contributed by atoms with E-state index in [-0.39, 0.29) is 13.1 Å². The number of aliphatic hydroxyl groups is 1. The lowest BCUT2D eigenvalue weighted by atomic mass is 9.97. The first-order chi connectivity index (χ1) is 14.7. The predicted molar refractivity (Wildman–Crippen MR) is 109 cm³/mol. The average molecular weight is 439 g/mol. The van der Waals surface area contributed by atoms with Crippen LogP contribution in [0.2, 0.25) is 0 Å². The number of aromatic nitrogens is 2. The molecule has 1 saturated heterocycles. The molecule has 2 aromatic rings. The molecule has 0 bridgehead atoms. The van der Waals surface area contributed by atoms with Gasteiger partial charge in [-0.3, -0.25) is 4.90 Å². The van der Waals surface area contributed by atoms with Crippen molar-refractivity contribution in [3.8, 4) is 0 Å². The van der Waals surface area contributed by atoms with Gasteiger partial charge < -0.3 is 20.3 Å². The second kappa shape index (κ2) is 9.69. The van der Waals surface area contributed by atoms with Gasteiger partial charge in [-0.2, -0.15) is 13.2 Å². The third-order valence-electron chi connectivity index (χ3n) is 5.58. The molecular formula is C21H28F3N5O2. The number of carbonyl (C=O) groups is 1. The minimum atomic E-state index is -4.93. The van der Waals surface area contributed by atoms with Gasteiger partial charge in [0.15, 0.2) is 0 Å². The van der Waals surface area contributed by atoms with Gasteiger partial charge in [0.2, 0.25) is 5.60 Å². The molecule has 1 atom stereocenters. The molecule has 0 saturated carbocycles. The van der Waals surface area contributed by atoms with Gasteiger partial charge in [-0.1, -0.05) is 24.3 Å². The van der Waals surface area contributed by atoms with E-state index < -0.39 is 30.1 Å². The van der Waals surface area contributed by atoms with E-state index in [1.807, 2.05) is 24.3 Å². The van der Waals surface area contributed by atoms with Gasteiger partial charge in [0.25, 0.3) is 0 Å². The number of carbonyl (C=O) groups excluding carboxylic acids is 1. The third kappa shape index (κ3) is 5.56. The lowest BCUT2D eigenvalue weighted by Crippen LogP contribution is -2.47. The van der Waals surface area contributed by atoms with Crippen LogP contribution < -0.4 is 10.6 Å². The highest BCUT2D eigenvalue weighted by atomic mass is 19.4. The smallest absolute Gasteiger partial charge is 0.374 e. The van der Waals surface area contributed by atoms with Gasteiger partial charge in [0.05, 0.1) is 0 Å². The number of nitrogens with one attached hydrogen (secondary N) is 2. The molecule has 0 radical (unpaired) electrons. The Balaban J connectivity index is 1.53. The first kappa shape index (κ1) is 23.1. The fourth-order valence-corrected chi connectivity index (χ4v) is 3.81. The highest BCUT2D eigenvalue weighted by molar-refractivity contribution is 5.73. The predicted octanol–water partition coefficient (Wildman–Crippen LogP) is 2.66. The molecule has 3 N–H and O–H groups in total. The highest BCUT2D eigenvalue weighted by Crippen LogP contribution is 2.40. The number of amides is 2. The molecule has 31 heavy (non-hydrogen) atoms. The number of imidazole rings is 1. The molecule has 0 aliphatic carbocycles. The maximum absolute atomic E-state index is 13.5. The quantitative estimate of drug-likeness (QED) is 0.591. The summed E-state index contributed by atoms with van der Waals surface area (Å²) in [5, 5.41) is 15.4. The molecule has 3 rings (SSSR count). The molecular weight excluding hydrogens is 411 g/mol. The Kier molecular flexibility index (Phi) is 7.22. The molecule has 10 heteroatoms. The van der Waals surface area contributed by atoms with E-state index in [9.17, 15) is 23.1 Å². The largest absolute Gasteiger partial charge is 0.424 e. The van der Waals surface area contributed by atoms with Crippen LogP contribution in [0.3, 0.4) is 0 Å². The number of likely N-dealkylation sites (tertiary alicyclic amines) is 1. The first-order valence-electron chi connectivity index (χ1n) is 10.3. The number of halogens is 3. The molecule has 2 amide bonds. The summed E-state index contributed by atoms with van der Waals surface area (Å²) >= 11 is 0. The monoisotopic (exact) mass is 439 g/mol. The van der Waals surface area contributed by atoms with Crippen LogP contribution in [0, 0.1) is 0 Å². The highest BCUT2D eigenvalue weighted by Gasteiger charge is 2.57. The van der Waals surface area contributed by atoms with Gasteiger partial charge >= 0.3 is 12.2 Å². The zero-order valence-electron chi connectivity index (χ0n) is 17.5. The lowest BCUT2D eigenvalue weighted by Gasteiger charge is -2.30. The number of alkyl halides is 3. The van der Waals surface area contributed by atoms with E-state index in [4.69, 9.17) is 0 Å². The summed E-state index contributed by atoms with van der Waals surface area (Å²) in [4.78, 5) is 18.1. The number of aryl methyl sites for hydroxylation is 1. The summed E-state index contributed by atoms with van der Waals surface area (Å²) in [7, 11) is 1.37. The van der Waals surface area contributed by atoms with Crippen LogP contribution in [0.25, 0.3) is 0 Å². The van der Waals surface area contributed by atoms with E-state index in [2.05, 4.69) is 20.5 Å². The lowest BCUT2D eigenvalue weighted by molar-refractivity contribution is -0.272. The minimum absolute atomic E-state index is 0.263. The van der Waals surface area contributed by atoms with Gasteiger partial charge in [0.1, 0.15) is 5.82 Å². The number of nitrogens with zero attached hydrogens (tertiary/aromatic N) is 3. The van der Waals surface area contributed by atoms with Crippen LogP contribution in [0.4, 0.5) is 18.0 Å². The number of hydrogen-bond donors (Lipinski definition) is 3. The van der Waals surface area contributed by atoms with Crippen LogP contribution in [-0.2, 0) is 25.7 Å². The number of benzene rings is 1. The Labute approximate surface area is 179 Å². The zero-order chi connectivity index (χ0) is 22.5. The number of urea groups is 1. The van der Waals surface area contributed by atoms with Crippen molar-refractivity contribution in [2.24, 2.45) is 7.05 Å². The maximum Gasteiger partial charge on any atom is 0.424 e. The Hall–Kier alpha value is -2.59. The van der Waals surface area contributed by atoms with Crippen molar-refractivity contribution in [3.63, 3.8) is 0 Å². The minimum Gasteiger partial charge on any atom is -0.374 e. The second-order valence-corrected chi connectivity index (χ2v) is 7.83. The third-order valence-corrected chi connectivity index (χ3v) is 5.58. The Bertz CT molecular complexity index is 880. The molecule has 0 spiro atoms. The number of hydrogen-bond acceptors (Lipinski definition) is 4. The Morgan fingerprint density at radius 2 is 1.84 bits per heavy atom. The van der Waals surface area contributed by atoms with Crippen LogP contribution in [-0.4, -0.2) is 51.4 Å². The average Bonchev–Trinajstić information content (AvgIpc) is 3.38.